The lowest BCUT2D eigenvalue weighted by atomic mass is 9.46. The minimum atomic E-state index is -1.66. The van der Waals surface area contributed by atoms with Crippen molar-refractivity contribution >= 4 is 11.9 Å². The maximum atomic E-state index is 12.6. The van der Waals surface area contributed by atoms with Gasteiger partial charge in [0.05, 0.1) is 54.1 Å². The quantitative estimate of drug-likeness (QED) is 0.426. The van der Waals surface area contributed by atoms with E-state index in [4.69, 9.17) is 23.7 Å². The van der Waals surface area contributed by atoms with E-state index in [1.54, 1.807) is 6.92 Å². The van der Waals surface area contributed by atoms with Crippen LogP contribution in [0, 0.1) is 11.3 Å². The van der Waals surface area contributed by atoms with Crippen molar-refractivity contribution in [3.8, 4) is 0 Å². The molecule has 228 valence electrons. The molecule has 2 saturated carbocycles. The first-order chi connectivity index (χ1) is 19.9. The van der Waals surface area contributed by atoms with Crippen LogP contribution in [-0.2, 0) is 46.5 Å². The van der Waals surface area contributed by atoms with Crippen LogP contribution in [0.2, 0.25) is 0 Å². The van der Waals surface area contributed by atoms with Crippen molar-refractivity contribution in [2.75, 3.05) is 6.61 Å². The van der Waals surface area contributed by atoms with Crippen LogP contribution in [0.3, 0.4) is 0 Å². The summed E-state index contributed by atoms with van der Waals surface area (Å²) in [5.74, 6) is -1.88. The Labute approximate surface area is 247 Å². The first-order valence-electron chi connectivity index (χ1n) is 14.6. The number of rotatable bonds is 9. The van der Waals surface area contributed by atoms with E-state index in [0.717, 1.165) is 11.1 Å². The van der Waals surface area contributed by atoms with Crippen molar-refractivity contribution in [3.05, 3.63) is 71.8 Å². The van der Waals surface area contributed by atoms with Crippen LogP contribution in [0.15, 0.2) is 60.7 Å². The summed E-state index contributed by atoms with van der Waals surface area (Å²) in [6.07, 6.45) is -3.46. The topological polar surface area (TPSA) is 121 Å². The second kappa shape index (κ2) is 11.4. The van der Waals surface area contributed by atoms with Gasteiger partial charge in [0, 0.05) is 13.8 Å². The second-order valence-electron chi connectivity index (χ2n) is 12.6. The Morgan fingerprint density at radius 3 is 2.00 bits per heavy atom. The number of hydrogen-bond acceptors (Lipinski definition) is 9. The molecule has 0 radical (unpaired) electrons. The number of carbonyl (C=O) groups is 2. The van der Waals surface area contributed by atoms with Crippen LogP contribution in [0.5, 0.6) is 0 Å². The molecule has 5 rings (SSSR count). The number of ether oxygens (including phenoxy) is 5. The Morgan fingerprint density at radius 2 is 1.45 bits per heavy atom. The van der Waals surface area contributed by atoms with Gasteiger partial charge in [-0.3, -0.25) is 9.59 Å². The molecule has 1 heterocycles. The molecule has 42 heavy (non-hydrogen) atoms. The molecule has 1 aliphatic heterocycles. The van der Waals surface area contributed by atoms with Gasteiger partial charge >= 0.3 is 11.9 Å². The number of aliphatic hydroxyl groups excluding tert-OH is 1. The van der Waals surface area contributed by atoms with Gasteiger partial charge in [0.2, 0.25) is 0 Å². The van der Waals surface area contributed by atoms with Crippen molar-refractivity contribution in [2.45, 2.75) is 102 Å². The lowest BCUT2D eigenvalue weighted by molar-refractivity contribution is -0.359. The molecule has 0 aromatic heterocycles. The summed E-state index contributed by atoms with van der Waals surface area (Å²) in [5, 5.41) is 24.6. The fourth-order valence-electron chi connectivity index (χ4n) is 7.86. The summed E-state index contributed by atoms with van der Waals surface area (Å²) in [7, 11) is 0. The number of esters is 2. The highest BCUT2D eigenvalue weighted by atomic mass is 16.6. The average Bonchev–Trinajstić information content (AvgIpc) is 3.14. The van der Waals surface area contributed by atoms with Gasteiger partial charge in [-0.15, -0.1) is 0 Å². The monoisotopic (exact) mass is 582 g/mol. The highest BCUT2D eigenvalue weighted by molar-refractivity contribution is 5.67. The molecule has 1 saturated heterocycles. The third-order valence-electron chi connectivity index (χ3n) is 9.47. The zero-order chi connectivity index (χ0) is 30.3. The Kier molecular flexibility index (Phi) is 8.28. The second-order valence-corrected chi connectivity index (χ2v) is 12.6. The van der Waals surface area contributed by atoms with Crippen molar-refractivity contribution in [3.63, 3.8) is 0 Å². The molecule has 9 heteroatoms. The lowest BCUT2D eigenvalue weighted by Crippen LogP contribution is -2.83. The summed E-state index contributed by atoms with van der Waals surface area (Å²) < 4.78 is 32.0. The molecule has 3 fully saturated rings. The zero-order valence-electron chi connectivity index (χ0n) is 24.9. The standard InChI is InChI=1S/C33H42O9/c1-21(34)40-20-32-25(38-18-23-12-8-6-9-13-23)16-17-31(5,37)33(32)28(41-22(2)35)26(30(3,4)42-33)27(36)29(32)39-19-24-14-10-7-11-15-24/h6-15,25-29,36-37H,16-20H2,1-5H3/t25-,26+,27+,28+,29+,31-,32-,33-/m0/s1. The van der Waals surface area contributed by atoms with E-state index in [-0.39, 0.29) is 26.2 Å². The summed E-state index contributed by atoms with van der Waals surface area (Å²) in [5.41, 5.74) is -3.98. The molecule has 3 aliphatic rings. The van der Waals surface area contributed by atoms with E-state index in [0.29, 0.717) is 6.42 Å². The molecule has 2 aromatic carbocycles. The minimum absolute atomic E-state index is 0.138. The number of aliphatic hydroxyl groups is 2. The van der Waals surface area contributed by atoms with Crippen molar-refractivity contribution < 1.29 is 43.5 Å². The van der Waals surface area contributed by atoms with Crippen molar-refractivity contribution in [1.82, 2.24) is 0 Å². The Balaban J connectivity index is 1.71. The minimum Gasteiger partial charge on any atom is -0.465 e. The van der Waals surface area contributed by atoms with E-state index in [1.807, 2.05) is 74.5 Å². The number of hydrogen-bond donors (Lipinski definition) is 2. The van der Waals surface area contributed by atoms with Crippen molar-refractivity contribution in [2.24, 2.45) is 11.3 Å². The van der Waals surface area contributed by atoms with E-state index in [1.165, 1.54) is 13.8 Å². The number of fused-ring (bicyclic) bond motifs is 1. The number of benzene rings is 2. The summed E-state index contributed by atoms with van der Waals surface area (Å²) in [6, 6.07) is 19.2. The molecule has 2 aromatic rings. The van der Waals surface area contributed by atoms with Gasteiger partial charge in [0.1, 0.15) is 18.3 Å². The van der Waals surface area contributed by atoms with Gasteiger partial charge in [-0.1, -0.05) is 60.7 Å². The average molecular weight is 583 g/mol. The third-order valence-corrected chi connectivity index (χ3v) is 9.47. The highest BCUT2D eigenvalue weighted by Gasteiger charge is 2.85. The molecule has 2 bridgehead atoms. The van der Waals surface area contributed by atoms with E-state index < -0.39 is 64.5 Å². The molecule has 0 unspecified atom stereocenters. The summed E-state index contributed by atoms with van der Waals surface area (Å²) >= 11 is 0. The van der Waals surface area contributed by atoms with Gasteiger partial charge in [-0.2, -0.15) is 0 Å². The molecule has 2 aliphatic carbocycles. The Bertz CT molecular complexity index is 1260. The fourth-order valence-corrected chi connectivity index (χ4v) is 7.86. The maximum absolute atomic E-state index is 12.6. The predicted octanol–water partition coefficient (Wildman–Crippen LogP) is 3.72. The smallest absolute Gasteiger partial charge is 0.303 e. The van der Waals surface area contributed by atoms with Crippen LogP contribution in [0.4, 0.5) is 0 Å². The normalized spacial score (nSPS) is 36.6. The molecular weight excluding hydrogens is 540 g/mol. The van der Waals surface area contributed by atoms with E-state index in [2.05, 4.69) is 0 Å². The molecule has 8 atom stereocenters. The van der Waals surface area contributed by atoms with Gasteiger partial charge in [-0.25, -0.2) is 0 Å². The molecule has 0 amide bonds. The SMILES string of the molecule is CC(=O)OC[C@@]12[C@@H](OCc3ccccc3)CC[C@](C)(O)[C@]13OC(C)(C)[C@H]([C@@H](O)[C@H]2OCc1ccccc1)[C@H]3OC(C)=O. The summed E-state index contributed by atoms with van der Waals surface area (Å²) in [4.78, 5) is 25.0. The largest absolute Gasteiger partial charge is 0.465 e. The van der Waals surface area contributed by atoms with Crippen molar-refractivity contribution in [1.29, 1.82) is 0 Å². The predicted molar refractivity (Wildman–Crippen MR) is 152 cm³/mol. The lowest BCUT2D eigenvalue weighted by Gasteiger charge is -2.66. The van der Waals surface area contributed by atoms with Crippen LogP contribution in [0.25, 0.3) is 0 Å². The fraction of sp³-hybridized carbons (Fsp3) is 0.576. The van der Waals surface area contributed by atoms with Crippen LogP contribution in [-0.4, -0.2) is 70.0 Å². The molecule has 2 N–H and O–H groups in total. The molecular formula is C33H42O9. The van der Waals surface area contributed by atoms with Gasteiger partial charge in [0.15, 0.2) is 0 Å². The van der Waals surface area contributed by atoms with E-state index >= 15 is 0 Å². The van der Waals surface area contributed by atoms with Crippen LogP contribution >= 0.6 is 0 Å². The third kappa shape index (κ3) is 4.95. The van der Waals surface area contributed by atoms with Gasteiger partial charge in [0.25, 0.3) is 0 Å². The zero-order valence-corrected chi connectivity index (χ0v) is 24.9. The van der Waals surface area contributed by atoms with Gasteiger partial charge < -0.3 is 33.9 Å². The first-order valence-corrected chi connectivity index (χ1v) is 14.6. The molecule has 9 nitrogen and oxygen atoms in total. The molecule has 1 spiro atoms. The Morgan fingerprint density at radius 1 is 0.881 bits per heavy atom. The van der Waals surface area contributed by atoms with E-state index in [9.17, 15) is 19.8 Å². The van der Waals surface area contributed by atoms with Crippen LogP contribution < -0.4 is 0 Å². The summed E-state index contributed by atoms with van der Waals surface area (Å²) in [6.45, 7) is 7.94. The number of carbonyl (C=O) groups excluding carboxylic acids is 2. The first kappa shape index (κ1) is 30.6. The van der Waals surface area contributed by atoms with Crippen LogP contribution in [0.1, 0.15) is 58.6 Å². The highest BCUT2D eigenvalue weighted by Crippen LogP contribution is 2.69. The Hall–Kier alpha value is -2.82. The maximum Gasteiger partial charge on any atom is 0.303 e. The van der Waals surface area contributed by atoms with Gasteiger partial charge in [-0.05, 0) is 44.7 Å².